The number of carbonyl (C=O) groups is 1. The van der Waals surface area contributed by atoms with Crippen molar-refractivity contribution < 1.29 is 13.2 Å². The average molecular weight is 390 g/mol. The molecule has 1 aromatic carbocycles. The number of hydrogen-bond acceptors (Lipinski definition) is 7. The minimum absolute atomic E-state index is 0.218. The summed E-state index contributed by atoms with van der Waals surface area (Å²) >= 11 is 0. The molecule has 1 saturated carbocycles. The average Bonchev–Trinajstić information content (AvgIpc) is 3.38. The lowest BCUT2D eigenvalue weighted by Crippen LogP contribution is -2.17. The van der Waals surface area contributed by atoms with Gasteiger partial charge in [0.25, 0.3) is 0 Å². The predicted molar refractivity (Wildman–Crippen MR) is 104 cm³/mol. The number of nitrogens with two attached hydrogens (primary N) is 1. The van der Waals surface area contributed by atoms with Gasteiger partial charge in [-0.25, -0.2) is 13.4 Å². The van der Waals surface area contributed by atoms with Crippen LogP contribution in [-0.2, 0) is 14.8 Å². The lowest BCUT2D eigenvalue weighted by atomic mass is 10.2. The monoisotopic (exact) mass is 390 g/mol. The van der Waals surface area contributed by atoms with Crippen molar-refractivity contribution >= 4 is 39.1 Å². The maximum atomic E-state index is 11.4. The quantitative estimate of drug-likeness (QED) is 0.511. The van der Waals surface area contributed by atoms with Crippen LogP contribution in [0, 0.1) is 0 Å². The van der Waals surface area contributed by atoms with Crippen molar-refractivity contribution in [1.82, 2.24) is 9.97 Å². The highest BCUT2D eigenvalue weighted by Gasteiger charge is 2.27. The number of benzene rings is 1. The highest BCUT2D eigenvalue weighted by atomic mass is 32.2. The first-order valence-electron chi connectivity index (χ1n) is 8.54. The zero-order valence-corrected chi connectivity index (χ0v) is 15.7. The summed E-state index contributed by atoms with van der Waals surface area (Å²) in [5, 5.41) is 6.22. The van der Waals surface area contributed by atoms with E-state index in [1.54, 1.807) is 30.5 Å². The number of nitrogens with zero attached hydrogens (tertiary/aromatic N) is 2. The summed E-state index contributed by atoms with van der Waals surface area (Å²) in [6, 6.07) is 6.81. The molecule has 5 N–H and O–H groups in total. The van der Waals surface area contributed by atoms with E-state index in [0.29, 0.717) is 35.6 Å². The number of sulfonamides is 1. The summed E-state index contributed by atoms with van der Waals surface area (Å²) in [6.07, 6.45) is 5.28. The Hall–Kier alpha value is -2.88. The Balaban J connectivity index is 1.76. The van der Waals surface area contributed by atoms with Crippen molar-refractivity contribution in [3.8, 4) is 0 Å². The van der Waals surface area contributed by atoms with Crippen molar-refractivity contribution in [2.24, 2.45) is 5.73 Å². The highest BCUT2D eigenvalue weighted by Crippen LogP contribution is 2.42. The van der Waals surface area contributed by atoms with E-state index in [0.717, 1.165) is 24.7 Å². The minimum Gasteiger partial charge on any atom is -0.370 e. The Morgan fingerprint density at radius 1 is 1.30 bits per heavy atom. The minimum atomic E-state index is -3.36. The maximum Gasteiger partial charge on any atom is 0.229 e. The molecule has 144 valence electrons. The van der Waals surface area contributed by atoms with Gasteiger partial charge in [-0.2, -0.15) is 4.98 Å². The van der Waals surface area contributed by atoms with Crippen LogP contribution in [0.2, 0.25) is 0 Å². The molecule has 0 unspecified atom stereocenters. The zero-order valence-electron chi connectivity index (χ0n) is 14.9. The molecule has 0 spiro atoms. The third kappa shape index (κ3) is 5.81. The maximum absolute atomic E-state index is 11.4. The van der Waals surface area contributed by atoms with Gasteiger partial charge in [0.15, 0.2) is 0 Å². The molecule has 1 aliphatic rings. The van der Waals surface area contributed by atoms with Crippen molar-refractivity contribution in [1.29, 1.82) is 0 Å². The van der Waals surface area contributed by atoms with Crippen LogP contribution in [0.3, 0.4) is 0 Å². The molecule has 3 rings (SSSR count). The smallest absolute Gasteiger partial charge is 0.229 e. The van der Waals surface area contributed by atoms with Crippen molar-refractivity contribution in [2.45, 2.75) is 25.2 Å². The van der Waals surface area contributed by atoms with Crippen LogP contribution in [0.1, 0.15) is 30.7 Å². The summed E-state index contributed by atoms with van der Waals surface area (Å²) in [5.74, 6) is 1.12. The van der Waals surface area contributed by atoms with E-state index in [9.17, 15) is 13.2 Å². The molecule has 0 radical (unpaired) electrons. The van der Waals surface area contributed by atoms with Gasteiger partial charge in [0, 0.05) is 30.4 Å². The second-order valence-corrected chi connectivity index (χ2v) is 8.24. The first kappa shape index (κ1) is 18.9. The van der Waals surface area contributed by atoms with Crippen LogP contribution >= 0.6 is 0 Å². The van der Waals surface area contributed by atoms with Gasteiger partial charge in [0.1, 0.15) is 5.82 Å². The molecular weight excluding hydrogens is 368 g/mol. The van der Waals surface area contributed by atoms with E-state index < -0.39 is 10.0 Å². The van der Waals surface area contributed by atoms with Crippen LogP contribution in [0.5, 0.6) is 0 Å². The molecule has 0 aliphatic heterocycles. The molecule has 1 fully saturated rings. The Morgan fingerprint density at radius 3 is 2.70 bits per heavy atom. The molecule has 27 heavy (non-hydrogen) atoms. The van der Waals surface area contributed by atoms with E-state index in [-0.39, 0.29) is 12.3 Å². The normalized spacial score (nSPS) is 13.8. The Kier molecular flexibility index (Phi) is 5.45. The van der Waals surface area contributed by atoms with E-state index in [1.807, 2.05) is 0 Å². The third-order valence-electron chi connectivity index (χ3n) is 3.92. The number of amides is 1. The van der Waals surface area contributed by atoms with E-state index in [1.165, 1.54) is 0 Å². The summed E-state index contributed by atoms with van der Waals surface area (Å²) in [6.45, 7) is 0.402. The van der Waals surface area contributed by atoms with Crippen molar-refractivity contribution in [3.05, 3.63) is 36.0 Å². The molecule has 10 heteroatoms. The number of anilines is 4. The molecule has 1 aromatic heterocycles. The fraction of sp³-hybridized carbons (Fsp3) is 0.353. The molecule has 1 aliphatic carbocycles. The standard InChI is InChI=1S/C17H22N6O3S/c1-27(25,26)23-13-4-2-3-12(9-13)21-17-20-10-14(11-5-6-11)16(22-17)19-8-7-15(18)24/h2-4,9-11,23H,5-8H2,1H3,(H2,18,24)(H2,19,20,21,22). The van der Waals surface area contributed by atoms with Gasteiger partial charge < -0.3 is 16.4 Å². The van der Waals surface area contributed by atoms with Crippen molar-refractivity contribution in [2.75, 3.05) is 28.2 Å². The number of carbonyl (C=O) groups excluding carboxylic acids is 1. The Morgan fingerprint density at radius 2 is 2.04 bits per heavy atom. The van der Waals surface area contributed by atoms with Gasteiger partial charge >= 0.3 is 0 Å². The van der Waals surface area contributed by atoms with E-state index in [2.05, 4.69) is 25.3 Å². The first-order chi connectivity index (χ1) is 12.8. The molecule has 2 aromatic rings. The van der Waals surface area contributed by atoms with E-state index >= 15 is 0 Å². The summed E-state index contributed by atoms with van der Waals surface area (Å²) in [7, 11) is -3.36. The number of hydrogen-bond donors (Lipinski definition) is 4. The van der Waals surface area contributed by atoms with Crippen LogP contribution in [0.4, 0.5) is 23.1 Å². The number of nitrogens with one attached hydrogen (secondary N) is 3. The van der Waals surface area contributed by atoms with Crippen LogP contribution in [0.25, 0.3) is 0 Å². The Bertz CT molecular complexity index is 943. The van der Waals surface area contributed by atoms with Gasteiger partial charge in [0.2, 0.25) is 21.9 Å². The SMILES string of the molecule is CS(=O)(=O)Nc1cccc(Nc2ncc(C3CC3)c(NCCC(N)=O)n2)c1. The summed E-state index contributed by atoms with van der Waals surface area (Å²) < 4.78 is 25.2. The van der Waals surface area contributed by atoms with E-state index in [4.69, 9.17) is 5.73 Å². The fourth-order valence-corrected chi connectivity index (χ4v) is 3.15. The summed E-state index contributed by atoms with van der Waals surface area (Å²) in [4.78, 5) is 19.8. The summed E-state index contributed by atoms with van der Waals surface area (Å²) in [5.41, 5.74) is 7.30. The van der Waals surface area contributed by atoms with Gasteiger partial charge in [-0.15, -0.1) is 0 Å². The lowest BCUT2D eigenvalue weighted by Gasteiger charge is -2.13. The van der Waals surface area contributed by atoms with Crippen LogP contribution in [-0.4, -0.2) is 37.1 Å². The molecule has 1 heterocycles. The van der Waals surface area contributed by atoms with Gasteiger partial charge in [-0.1, -0.05) is 6.07 Å². The largest absolute Gasteiger partial charge is 0.370 e. The molecule has 1 amide bonds. The van der Waals surface area contributed by atoms with Crippen LogP contribution in [0.15, 0.2) is 30.5 Å². The van der Waals surface area contributed by atoms with Gasteiger partial charge in [-0.05, 0) is 37.0 Å². The first-order valence-corrected chi connectivity index (χ1v) is 10.4. The van der Waals surface area contributed by atoms with Gasteiger partial charge in [0.05, 0.1) is 11.9 Å². The number of aromatic nitrogens is 2. The van der Waals surface area contributed by atoms with Crippen molar-refractivity contribution in [3.63, 3.8) is 0 Å². The number of rotatable bonds is 9. The lowest BCUT2D eigenvalue weighted by molar-refractivity contribution is -0.117. The zero-order chi connectivity index (χ0) is 19.4. The Labute approximate surface area is 157 Å². The highest BCUT2D eigenvalue weighted by molar-refractivity contribution is 7.92. The second-order valence-electron chi connectivity index (χ2n) is 6.49. The molecule has 0 atom stereocenters. The van der Waals surface area contributed by atoms with Crippen LogP contribution < -0.4 is 21.1 Å². The molecule has 9 nitrogen and oxygen atoms in total. The molecule has 0 saturated heterocycles. The molecular formula is C17H22N6O3S. The topological polar surface area (TPSA) is 139 Å². The predicted octanol–water partition coefficient (Wildman–Crippen LogP) is 1.76. The second kappa shape index (κ2) is 7.78. The molecule has 0 bridgehead atoms. The van der Waals surface area contributed by atoms with Gasteiger partial charge in [-0.3, -0.25) is 9.52 Å². The third-order valence-corrected chi connectivity index (χ3v) is 4.53. The fourth-order valence-electron chi connectivity index (χ4n) is 2.59. The number of primary amides is 1.